The number of rotatable bonds is 4. The molecule has 1 aromatic rings. The molecule has 0 spiro atoms. The summed E-state index contributed by atoms with van der Waals surface area (Å²) in [5.74, 6) is 1.71. The first-order valence-electron chi connectivity index (χ1n) is 6.78. The zero-order valence-electron chi connectivity index (χ0n) is 11.8. The number of carbonyl (C=O) groups excluding carboxylic acids is 1. The number of halogens is 1. The van der Waals surface area contributed by atoms with Crippen LogP contribution in [0.3, 0.4) is 0 Å². The fraction of sp³-hybridized carbons (Fsp3) is 0.438. The lowest BCUT2D eigenvalue weighted by atomic mass is 9.92. The van der Waals surface area contributed by atoms with E-state index in [9.17, 15) is 9.18 Å². The van der Waals surface area contributed by atoms with Crippen LogP contribution < -0.4 is 10.6 Å². The van der Waals surface area contributed by atoms with Crippen molar-refractivity contribution in [2.75, 3.05) is 5.32 Å². The van der Waals surface area contributed by atoms with Gasteiger partial charge in [0.1, 0.15) is 5.82 Å². The highest BCUT2D eigenvalue weighted by Gasteiger charge is 2.24. The second kappa shape index (κ2) is 5.54. The van der Waals surface area contributed by atoms with Crippen LogP contribution in [0, 0.1) is 18.2 Å². The minimum absolute atomic E-state index is 0.249. The summed E-state index contributed by atoms with van der Waals surface area (Å²) < 4.78 is 14.0. The van der Waals surface area contributed by atoms with Gasteiger partial charge in [-0.3, -0.25) is 4.79 Å². The molecule has 1 aromatic carbocycles. The summed E-state index contributed by atoms with van der Waals surface area (Å²) in [7, 11) is 0. The summed E-state index contributed by atoms with van der Waals surface area (Å²) in [5, 5.41) is 5.83. The van der Waals surface area contributed by atoms with Crippen molar-refractivity contribution in [1.29, 1.82) is 0 Å². The van der Waals surface area contributed by atoms with Crippen molar-refractivity contribution in [3.05, 3.63) is 29.6 Å². The molecule has 1 saturated carbocycles. The molecule has 0 bridgehead atoms. The molecule has 0 unspecified atom stereocenters. The number of amides is 1. The van der Waals surface area contributed by atoms with Crippen LogP contribution >= 0.6 is 0 Å². The average Bonchev–Trinajstić information content (AvgIpc) is 2.34. The molecule has 0 heterocycles. The third-order valence-corrected chi connectivity index (χ3v) is 3.50. The number of nitrogens with one attached hydrogen (secondary N) is 2. The van der Waals surface area contributed by atoms with E-state index in [4.69, 9.17) is 6.42 Å². The molecule has 106 valence electrons. The Balaban J connectivity index is 2.24. The molecule has 0 saturated heterocycles. The first kappa shape index (κ1) is 14.4. The number of carbonyl (C=O) groups is 1. The summed E-state index contributed by atoms with van der Waals surface area (Å²) in [6.07, 6.45) is 8.50. The van der Waals surface area contributed by atoms with Crippen molar-refractivity contribution in [2.24, 2.45) is 0 Å². The Kier molecular flexibility index (Phi) is 3.99. The highest BCUT2D eigenvalue weighted by molar-refractivity contribution is 6.00. The zero-order chi connectivity index (χ0) is 14.8. The van der Waals surface area contributed by atoms with Crippen LogP contribution in [0.4, 0.5) is 10.1 Å². The average molecular weight is 274 g/mol. The topological polar surface area (TPSA) is 41.1 Å². The summed E-state index contributed by atoms with van der Waals surface area (Å²) in [6.45, 7) is 3.45. The highest BCUT2D eigenvalue weighted by Crippen LogP contribution is 2.27. The second-order valence-electron chi connectivity index (χ2n) is 5.66. The van der Waals surface area contributed by atoms with Gasteiger partial charge in [-0.1, -0.05) is 12.0 Å². The summed E-state index contributed by atoms with van der Waals surface area (Å²) >= 11 is 0. The van der Waals surface area contributed by atoms with E-state index >= 15 is 0 Å². The molecular formula is C16H19FN2O. The van der Waals surface area contributed by atoms with Gasteiger partial charge < -0.3 is 10.6 Å². The lowest BCUT2D eigenvalue weighted by molar-refractivity contribution is 0.0930. The van der Waals surface area contributed by atoms with Gasteiger partial charge in [-0.05, 0) is 45.2 Å². The SMILES string of the molecule is C#CC(C)(C)NC(=O)c1cccc(F)c1NC1CCC1. The number of hydrogen-bond donors (Lipinski definition) is 2. The standard InChI is InChI=1S/C16H19FN2O/c1-4-16(2,3)19-15(20)12-9-6-10-13(17)14(12)18-11-7-5-8-11/h1,6,9-11,18H,5,7-8H2,2-3H3,(H,19,20). The Morgan fingerprint density at radius 1 is 1.45 bits per heavy atom. The number of benzene rings is 1. The number of terminal acetylenes is 1. The number of para-hydroxylation sites is 1. The molecule has 0 radical (unpaired) electrons. The molecule has 2 N–H and O–H groups in total. The maximum Gasteiger partial charge on any atom is 0.254 e. The van der Waals surface area contributed by atoms with E-state index in [2.05, 4.69) is 16.6 Å². The lowest BCUT2D eigenvalue weighted by Crippen LogP contribution is -2.42. The van der Waals surface area contributed by atoms with Gasteiger partial charge in [-0.2, -0.15) is 0 Å². The molecular weight excluding hydrogens is 255 g/mol. The van der Waals surface area contributed by atoms with Crippen LogP contribution in [0.2, 0.25) is 0 Å². The van der Waals surface area contributed by atoms with E-state index in [1.807, 2.05) is 0 Å². The molecule has 4 heteroatoms. The summed E-state index contributed by atoms with van der Waals surface area (Å²) in [5.41, 5.74) is -0.209. The van der Waals surface area contributed by atoms with Gasteiger partial charge in [0, 0.05) is 6.04 Å². The number of hydrogen-bond acceptors (Lipinski definition) is 2. The van der Waals surface area contributed by atoms with Crippen LogP contribution in [0.15, 0.2) is 18.2 Å². The second-order valence-corrected chi connectivity index (χ2v) is 5.66. The lowest BCUT2D eigenvalue weighted by Gasteiger charge is -2.29. The van der Waals surface area contributed by atoms with E-state index in [0.29, 0.717) is 5.56 Å². The minimum atomic E-state index is -0.767. The normalized spacial score (nSPS) is 15.1. The molecule has 0 aromatic heterocycles. The van der Waals surface area contributed by atoms with Gasteiger partial charge in [0.2, 0.25) is 0 Å². The molecule has 20 heavy (non-hydrogen) atoms. The van der Waals surface area contributed by atoms with Gasteiger partial charge in [-0.25, -0.2) is 4.39 Å². The monoisotopic (exact) mass is 274 g/mol. The van der Waals surface area contributed by atoms with Crippen molar-refractivity contribution < 1.29 is 9.18 Å². The fourth-order valence-electron chi connectivity index (χ4n) is 2.00. The maximum absolute atomic E-state index is 14.0. The van der Waals surface area contributed by atoms with Crippen molar-refractivity contribution >= 4 is 11.6 Å². The zero-order valence-corrected chi connectivity index (χ0v) is 11.8. The molecule has 1 aliphatic carbocycles. The molecule has 0 aliphatic heterocycles. The minimum Gasteiger partial charge on any atom is -0.379 e. The first-order chi connectivity index (χ1) is 9.43. The van der Waals surface area contributed by atoms with Crippen molar-refractivity contribution in [1.82, 2.24) is 5.32 Å². The van der Waals surface area contributed by atoms with Gasteiger partial charge >= 0.3 is 0 Å². The van der Waals surface area contributed by atoms with Crippen LogP contribution in [0.25, 0.3) is 0 Å². The van der Waals surface area contributed by atoms with Crippen LogP contribution in [0.1, 0.15) is 43.5 Å². The van der Waals surface area contributed by atoms with Gasteiger partial charge in [0.05, 0.1) is 16.8 Å². The summed E-state index contributed by atoms with van der Waals surface area (Å²) in [4.78, 5) is 12.3. The third kappa shape index (κ3) is 3.11. The Bertz CT molecular complexity index is 556. The Hall–Kier alpha value is -2.02. The van der Waals surface area contributed by atoms with Gasteiger partial charge in [-0.15, -0.1) is 6.42 Å². The van der Waals surface area contributed by atoms with E-state index in [0.717, 1.165) is 19.3 Å². The Labute approximate surface area is 119 Å². The van der Waals surface area contributed by atoms with Crippen molar-refractivity contribution in [3.8, 4) is 12.3 Å². The Morgan fingerprint density at radius 3 is 2.70 bits per heavy atom. The first-order valence-corrected chi connectivity index (χ1v) is 6.78. The largest absolute Gasteiger partial charge is 0.379 e. The predicted octanol–water partition coefficient (Wildman–Crippen LogP) is 2.93. The van der Waals surface area contributed by atoms with Crippen LogP contribution in [0.5, 0.6) is 0 Å². The van der Waals surface area contributed by atoms with E-state index in [-0.39, 0.29) is 17.6 Å². The fourth-order valence-corrected chi connectivity index (χ4v) is 2.00. The molecule has 3 nitrogen and oxygen atoms in total. The van der Waals surface area contributed by atoms with Crippen LogP contribution in [-0.2, 0) is 0 Å². The number of anilines is 1. The van der Waals surface area contributed by atoms with E-state index < -0.39 is 11.4 Å². The Morgan fingerprint density at radius 2 is 2.15 bits per heavy atom. The quantitative estimate of drug-likeness (QED) is 0.829. The molecule has 1 fully saturated rings. The van der Waals surface area contributed by atoms with Crippen LogP contribution in [-0.4, -0.2) is 17.5 Å². The molecule has 0 atom stereocenters. The van der Waals surface area contributed by atoms with E-state index in [1.165, 1.54) is 12.1 Å². The molecule has 1 amide bonds. The third-order valence-electron chi connectivity index (χ3n) is 3.50. The molecule has 2 rings (SSSR count). The van der Waals surface area contributed by atoms with E-state index in [1.54, 1.807) is 19.9 Å². The predicted molar refractivity (Wildman–Crippen MR) is 78.0 cm³/mol. The molecule has 1 aliphatic rings. The van der Waals surface area contributed by atoms with Crippen molar-refractivity contribution in [2.45, 2.75) is 44.7 Å². The maximum atomic E-state index is 14.0. The van der Waals surface area contributed by atoms with Gasteiger partial charge in [0.25, 0.3) is 5.91 Å². The smallest absolute Gasteiger partial charge is 0.254 e. The van der Waals surface area contributed by atoms with Gasteiger partial charge in [0.15, 0.2) is 0 Å². The van der Waals surface area contributed by atoms with Crippen molar-refractivity contribution in [3.63, 3.8) is 0 Å². The highest BCUT2D eigenvalue weighted by atomic mass is 19.1. The summed E-state index contributed by atoms with van der Waals surface area (Å²) in [6, 6.07) is 4.73.